The molecule has 3 aromatic carbocycles. The lowest BCUT2D eigenvalue weighted by Crippen LogP contribution is -2.00. The topological polar surface area (TPSA) is 70.9 Å². The summed E-state index contributed by atoms with van der Waals surface area (Å²) < 4.78 is 25.9. The molecule has 0 amide bonds. The van der Waals surface area contributed by atoms with Crippen LogP contribution in [-0.2, 0) is 6.61 Å². The minimum Gasteiger partial charge on any atom is -0.493 e. The van der Waals surface area contributed by atoms with E-state index in [4.69, 9.17) is 9.47 Å². The number of hydrogen-bond donors (Lipinski definition) is 1. The second-order valence-corrected chi connectivity index (χ2v) is 8.03. The van der Waals surface area contributed by atoms with E-state index in [2.05, 4.69) is 32.0 Å². The minimum atomic E-state index is -0.329. The Bertz CT molecular complexity index is 1370. The number of nitriles is 1. The minimum absolute atomic E-state index is 0.0620. The number of nitrogens with one attached hydrogen (secondary N) is 1. The van der Waals surface area contributed by atoms with Crippen molar-refractivity contribution in [2.45, 2.75) is 13.5 Å². The fourth-order valence-corrected chi connectivity index (χ4v) is 3.70. The van der Waals surface area contributed by atoms with Crippen LogP contribution >= 0.6 is 15.9 Å². The highest BCUT2D eigenvalue weighted by Crippen LogP contribution is 2.36. The molecule has 0 aliphatic rings. The molecule has 0 spiro atoms. The van der Waals surface area contributed by atoms with Gasteiger partial charge in [0.2, 0.25) is 0 Å². The first-order valence-corrected chi connectivity index (χ1v) is 10.6. The average Bonchev–Trinajstić information content (AvgIpc) is 3.20. The van der Waals surface area contributed by atoms with Crippen molar-refractivity contribution >= 4 is 38.6 Å². The Labute approximate surface area is 193 Å². The van der Waals surface area contributed by atoms with Gasteiger partial charge >= 0.3 is 0 Å². The van der Waals surface area contributed by atoms with Gasteiger partial charge in [0, 0.05) is 10.0 Å². The number of imidazole rings is 1. The van der Waals surface area contributed by atoms with Gasteiger partial charge in [0.05, 0.1) is 23.7 Å². The normalized spacial score (nSPS) is 11.4. The summed E-state index contributed by atoms with van der Waals surface area (Å²) >= 11 is 3.53. The summed E-state index contributed by atoms with van der Waals surface area (Å²) in [5, 5.41) is 9.74. The molecule has 1 N–H and O–H groups in total. The predicted octanol–water partition coefficient (Wildman–Crippen LogP) is 6.42. The zero-order chi connectivity index (χ0) is 22.7. The second-order valence-electron chi connectivity index (χ2n) is 7.18. The molecule has 0 aliphatic heterocycles. The zero-order valence-corrected chi connectivity index (χ0v) is 19.0. The summed E-state index contributed by atoms with van der Waals surface area (Å²) in [6.45, 7) is 2.06. The van der Waals surface area contributed by atoms with Crippen LogP contribution < -0.4 is 9.47 Å². The first kappa shape index (κ1) is 21.6. The molecule has 0 unspecified atom stereocenters. The fourth-order valence-electron chi connectivity index (χ4n) is 3.26. The number of aryl methyl sites for hydroxylation is 1. The molecule has 0 fully saturated rings. The lowest BCUT2D eigenvalue weighted by atomic mass is 10.1. The molecule has 4 aromatic rings. The molecule has 160 valence electrons. The molecule has 1 aromatic heterocycles. The number of ether oxygens (including phenoxy) is 2. The predicted molar refractivity (Wildman–Crippen MR) is 126 cm³/mol. The van der Waals surface area contributed by atoms with E-state index in [-0.39, 0.29) is 12.4 Å². The number of fused-ring (bicyclic) bond motifs is 1. The van der Waals surface area contributed by atoms with Crippen molar-refractivity contribution < 1.29 is 13.9 Å². The molecule has 0 atom stereocenters. The van der Waals surface area contributed by atoms with Crippen LogP contribution in [0.1, 0.15) is 22.5 Å². The molecule has 4 rings (SSSR count). The van der Waals surface area contributed by atoms with E-state index < -0.39 is 0 Å². The van der Waals surface area contributed by atoms with Gasteiger partial charge in [-0.25, -0.2) is 9.37 Å². The molecular weight excluding hydrogens is 473 g/mol. The summed E-state index contributed by atoms with van der Waals surface area (Å²) in [5.74, 6) is 1.08. The van der Waals surface area contributed by atoms with E-state index in [0.717, 1.165) is 16.6 Å². The maximum atomic E-state index is 13.9. The molecule has 5 nitrogen and oxygen atoms in total. The van der Waals surface area contributed by atoms with E-state index in [1.165, 1.54) is 13.2 Å². The summed E-state index contributed by atoms with van der Waals surface area (Å²) in [5.41, 5.74) is 4.31. The van der Waals surface area contributed by atoms with Crippen LogP contribution in [0.15, 0.2) is 59.1 Å². The number of H-pyrrole nitrogens is 1. The lowest BCUT2D eigenvalue weighted by Gasteiger charge is -2.13. The number of nitrogens with zero attached hydrogens (tertiary/aromatic N) is 2. The van der Waals surface area contributed by atoms with Crippen molar-refractivity contribution in [2.75, 3.05) is 7.11 Å². The third-order valence-electron chi connectivity index (χ3n) is 4.94. The number of methoxy groups -OCH3 is 1. The summed E-state index contributed by atoms with van der Waals surface area (Å²) in [6, 6.07) is 18.0. The monoisotopic (exact) mass is 491 g/mol. The highest BCUT2D eigenvalue weighted by atomic mass is 79.9. The molecule has 0 bridgehead atoms. The molecule has 32 heavy (non-hydrogen) atoms. The number of halogens is 2. The summed E-state index contributed by atoms with van der Waals surface area (Å²) in [4.78, 5) is 7.73. The Kier molecular flexibility index (Phi) is 6.24. The van der Waals surface area contributed by atoms with Crippen LogP contribution in [0.25, 0.3) is 22.7 Å². The molecular formula is C25H19BrFN3O2. The third kappa shape index (κ3) is 4.51. The van der Waals surface area contributed by atoms with Crippen LogP contribution in [0.3, 0.4) is 0 Å². The molecule has 7 heteroatoms. The van der Waals surface area contributed by atoms with Gasteiger partial charge in [-0.3, -0.25) is 0 Å². The Morgan fingerprint density at radius 1 is 1.19 bits per heavy atom. The number of rotatable bonds is 6. The van der Waals surface area contributed by atoms with Gasteiger partial charge in [0.1, 0.15) is 24.3 Å². The van der Waals surface area contributed by atoms with Crippen molar-refractivity contribution in [3.8, 4) is 17.6 Å². The van der Waals surface area contributed by atoms with E-state index in [0.29, 0.717) is 38.5 Å². The molecule has 0 radical (unpaired) electrons. The van der Waals surface area contributed by atoms with Crippen LogP contribution in [0.4, 0.5) is 4.39 Å². The molecule has 0 aliphatic carbocycles. The Morgan fingerprint density at radius 3 is 2.75 bits per heavy atom. The fraction of sp³-hybridized carbons (Fsp3) is 0.120. The van der Waals surface area contributed by atoms with Crippen molar-refractivity contribution in [3.63, 3.8) is 0 Å². The van der Waals surface area contributed by atoms with Crippen LogP contribution in [0.2, 0.25) is 0 Å². The number of hydrogen-bond acceptors (Lipinski definition) is 4. The van der Waals surface area contributed by atoms with Crippen molar-refractivity contribution in [2.24, 2.45) is 0 Å². The van der Waals surface area contributed by atoms with Crippen molar-refractivity contribution in [1.82, 2.24) is 9.97 Å². The number of aromatic nitrogens is 2. The average molecular weight is 492 g/mol. The standard InChI is InChI=1S/C25H19BrFN3O2/c1-15-7-8-21-22(9-15)30-25(29-21)18(13-28)10-17-11-23(31-2)24(12-19(17)26)32-14-16-5-3-4-6-20(16)27/h3-12H,14H2,1-2H3,(H,29,30)/b18-10-. The van der Waals surface area contributed by atoms with Gasteiger partial charge in [-0.05, 0) is 54.5 Å². The van der Waals surface area contributed by atoms with Gasteiger partial charge in [0.15, 0.2) is 11.5 Å². The van der Waals surface area contributed by atoms with Gasteiger partial charge in [-0.1, -0.05) is 40.2 Å². The number of aromatic amines is 1. The van der Waals surface area contributed by atoms with E-state index in [1.807, 2.05) is 25.1 Å². The smallest absolute Gasteiger partial charge is 0.162 e. The Hall–Kier alpha value is -3.63. The quantitative estimate of drug-likeness (QED) is 0.315. The van der Waals surface area contributed by atoms with E-state index in [9.17, 15) is 9.65 Å². The SMILES string of the molecule is COc1cc(/C=C(/C#N)c2nc3ccc(C)cc3[nH]2)c(Br)cc1OCc1ccccc1F. The number of benzene rings is 3. The second kappa shape index (κ2) is 9.25. The maximum absolute atomic E-state index is 13.9. The van der Waals surface area contributed by atoms with Gasteiger partial charge in [-0.15, -0.1) is 0 Å². The van der Waals surface area contributed by atoms with Crippen LogP contribution in [0.5, 0.6) is 11.5 Å². The summed E-state index contributed by atoms with van der Waals surface area (Å²) in [6.07, 6.45) is 1.72. The van der Waals surface area contributed by atoms with Crippen LogP contribution in [0, 0.1) is 24.1 Å². The Balaban J connectivity index is 1.65. The maximum Gasteiger partial charge on any atom is 0.162 e. The molecule has 1 heterocycles. The third-order valence-corrected chi connectivity index (χ3v) is 5.62. The van der Waals surface area contributed by atoms with E-state index >= 15 is 0 Å². The largest absolute Gasteiger partial charge is 0.493 e. The van der Waals surface area contributed by atoms with Gasteiger partial charge in [-0.2, -0.15) is 5.26 Å². The highest BCUT2D eigenvalue weighted by Gasteiger charge is 2.14. The highest BCUT2D eigenvalue weighted by molar-refractivity contribution is 9.10. The van der Waals surface area contributed by atoms with Crippen LogP contribution in [-0.4, -0.2) is 17.1 Å². The van der Waals surface area contributed by atoms with Gasteiger partial charge < -0.3 is 14.5 Å². The molecule has 0 saturated heterocycles. The lowest BCUT2D eigenvalue weighted by molar-refractivity contribution is 0.279. The summed E-state index contributed by atoms with van der Waals surface area (Å²) in [7, 11) is 1.53. The first-order valence-electron chi connectivity index (χ1n) is 9.80. The zero-order valence-electron chi connectivity index (χ0n) is 17.4. The van der Waals surface area contributed by atoms with Crippen molar-refractivity contribution in [1.29, 1.82) is 5.26 Å². The first-order chi connectivity index (χ1) is 15.5. The van der Waals surface area contributed by atoms with E-state index in [1.54, 1.807) is 36.4 Å². The number of allylic oxidation sites excluding steroid dienone is 1. The van der Waals surface area contributed by atoms with Gasteiger partial charge in [0.25, 0.3) is 0 Å². The van der Waals surface area contributed by atoms with Crippen molar-refractivity contribution in [3.05, 3.63) is 87.4 Å². The molecule has 0 saturated carbocycles. The Morgan fingerprint density at radius 2 is 2.00 bits per heavy atom.